The van der Waals surface area contributed by atoms with Crippen LogP contribution in [0.15, 0.2) is 29.2 Å². The summed E-state index contributed by atoms with van der Waals surface area (Å²) < 4.78 is 32.2. The van der Waals surface area contributed by atoms with Crippen molar-refractivity contribution >= 4 is 15.9 Å². The molecule has 7 nitrogen and oxygen atoms in total. The molecule has 2 fully saturated rings. The zero-order valence-corrected chi connectivity index (χ0v) is 16.8. The highest BCUT2D eigenvalue weighted by Crippen LogP contribution is 2.25. The van der Waals surface area contributed by atoms with E-state index in [1.165, 1.54) is 4.31 Å². The highest BCUT2D eigenvalue weighted by atomic mass is 32.2. The molecule has 1 aromatic rings. The molecule has 0 aliphatic carbocycles. The molecule has 8 heteroatoms. The fourth-order valence-electron chi connectivity index (χ4n) is 3.74. The van der Waals surface area contributed by atoms with E-state index < -0.39 is 10.0 Å². The van der Waals surface area contributed by atoms with E-state index >= 15 is 0 Å². The first-order chi connectivity index (χ1) is 12.9. The molecule has 1 aromatic carbocycles. The van der Waals surface area contributed by atoms with Crippen LogP contribution in [0.5, 0.6) is 5.75 Å². The van der Waals surface area contributed by atoms with Crippen LogP contribution in [0.3, 0.4) is 0 Å². The molecule has 2 unspecified atom stereocenters. The molecular formula is C19H29N3O4S. The van der Waals surface area contributed by atoms with Crippen molar-refractivity contribution in [1.29, 1.82) is 0 Å². The van der Waals surface area contributed by atoms with Crippen LogP contribution in [-0.4, -0.2) is 58.0 Å². The summed E-state index contributed by atoms with van der Waals surface area (Å²) in [6.45, 7) is 4.69. The summed E-state index contributed by atoms with van der Waals surface area (Å²) in [6, 6.07) is 6.57. The van der Waals surface area contributed by atoms with Crippen molar-refractivity contribution in [2.24, 2.45) is 11.8 Å². The lowest BCUT2D eigenvalue weighted by atomic mass is 9.92. The second kappa shape index (κ2) is 8.58. The Kier molecular flexibility index (Phi) is 6.39. The van der Waals surface area contributed by atoms with Gasteiger partial charge in [-0.3, -0.25) is 4.79 Å². The second-order valence-corrected chi connectivity index (χ2v) is 9.38. The minimum absolute atomic E-state index is 0.0528. The van der Waals surface area contributed by atoms with Crippen molar-refractivity contribution in [2.45, 2.75) is 37.1 Å². The molecule has 2 atom stereocenters. The summed E-state index contributed by atoms with van der Waals surface area (Å²) in [6.07, 6.45) is 2.16. The van der Waals surface area contributed by atoms with Crippen LogP contribution >= 0.6 is 0 Å². The minimum Gasteiger partial charge on any atom is -0.497 e. The predicted molar refractivity (Wildman–Crippen MR) is 103 cm³/mol. The average Bonchev–Trinajstić information content (AvgIpc) is 2.70. The number of carbonyl (C=O) groups is 1. The number of nitrogens with zero attached hydrogens (tertiary/aromatic N) is 1. The SMILES string of the molecule is COc1ccc(S(=O)(=O)N2CCC(C(=O)NC3CNCCC3C)CC2)cc1. The maximum Gasteiger partial charge on any atom is 0.243 e. The monoisotopic (exact) mass is 395 g/mol. The molecule has 0 radical (unpaired) electrons. The Morgan fingerprint density at radius 3 is 2.44 bits per heavy atom. The van der Waals surface area contributed by atoms with Gasteiger partial charge in [-0.25, -0.2) is 8.42 Å². The number of piperidine rings is 2. The molecule has 0 spiro atoms. The van der Waals surface area contributed by atoms with Gasteiger partial charge in [0.2, 0.25) is 15.9 Å². The van der Waals surface area contributed by atoms with Gasteiger partial charge in [-0.05, 0) is 56.0 Å². The molecule has 150 valence electrons. The molecule has 3 rings (SSSR count). The van der Waals surface area contributed by atoms with Gasteiger partial charge in [0.25, 0.3) is 0 Å². The first kappa shape index (κ1) is 20.1. The Bertz CT molecular complexity index is 743. The fourth-order valence-corrected chi connectivity index (χ4v) is 5.21. The molecule has 2 aliphatic rings. The zero-order valence-electron chi connectivity index (χ0n) is 16.0. The maximum absolute atomic E-state index is 12.8. The van der Waals surface area contributed by atoms with E-state index in [1.54, 1.807) is 31.4 Å². The summed E-state index contributed by atoms with van der Waals surface area (Å²) in [5.41, 5.74) is 0. The molecule has 2 saturated heterocycles. The molecule has 2 N–H and O–H groups in total. The van der Waals surface area contributed by atoms with E-state index in [1.807, 2.05) is 0 Å². The van der Waals surface area contributed by atoms with Crippen molar-refractivity contribution < 1.29 is 17.9 Å². The third kappa shape index (κ3) is 4.62. The molecule has 2 aliphatic heterocycles. The average molecular weight is 396 g/mol. The highest BCUT2D eigenvalue weighted by molar-refractivity contribution is 7.89. The standard InChI is InChI=1S/C19H29N3O4S/c1-14-7-10-20-13-18(14)21-19(23)15-8-11-22(12-9-15)27(24,25)17-5-3-16(26-2)4-6-17/h3-6,14-15,18,20H,7-13H2,1-2H3,(H,21,23). The van der Waals surface area contributed by atoms with Crippen molar-refractivity contribution in [3.8, 4) is 5.75 Å². The fraction of sp³-hybridized carbons (Fsp3) is 0.632. The smallest absolute Gasteiger partial charge is 0.243 e. The number of hydrogen-bond donors (Lipinski definition) is 2. The number of rotatable bonds is 5. The summed E-state index contributed by atoms with van der Waals surface area (Å²) in [4.78, 5) is 12.8. The van der Waals surface area contributed by atoms with Gasteiger partial charge in [0.1, 0.15) is 5.75 Å². The number of carbonyl (C=O) groups excluding carboxylic acids is 1. The van der Waals surface area contributed by atoms with Gasteiger partial charge in [0.05, 0.1) is 12.0 Å². The molecule has 0 bridgehead atoms. The normalized spacial score (nSPS) is 25.1. The van der Waals surface area contributed by atoms with Gasteiger partial charge < -0.3 is 15.4 Å². The number of amides is 1. The highest BCUT2D eigenvalue weighted by Gasteiger charge is 2.33. The number of nitrogens with one attached hydrogen (secondary N) is 2. The van der Waals surface area contributed by atoms with E-state index in [0.717, 1.165) is 19.5 Å². The van der Waals surface area contributed by atoms with Crippen molar-refractivity contribution in [3.05, 3.63) is 24.3 Å². The largest absolute Gasteiger partial charge is 0.497 e. The van der Waals surface area contributed by atoms with Crippen molar-refractivity contribution in [3.63, 3.8) is 0 Å². The quantitative estimate of drug-likeness (QED) is 0.783. The number of methoxy groups -OCH3 is 1. The Morgan fingerprint density at radius 2 is 1.85 bits per heavy atom. The number of benzene rings is 1. The Hall–Kier alpha value is -1.64. The number of ether oxygens (including phenoxy) is 1. The van der Waals surface area contributed by atoms with Gasteiger partial charge in [-0.15, -0.1) is 0 Å². The van der Waals surface area contributed by atoms with Crippen molar-refractivity contribution in [1.82, 2.24) is 14.9 Å². The van der Waals surface area contributed by atoms with Crippen LogP contribution in [0.4, 0.5) is 0 Å². The van der Waals surface area contributed by atoms with Gasteiger partial charge in [0, 0.05) is 31.6 Å². The predicted octanol–water partition coefficient (Wildman–Crippen LogP) is 1.21. The molecule has 0 saturated carbocycles. The molecule has 1 amide bonds. The summed E-state index contributed by atoms with van der Waals surface area (Å²) in [5.74, 6) is 1.01. The van der Waals surface area contributed by atoms with Crippen LogP contribution in [0.1, 0.15) is 26.2 Å². The van der Waals surface area contributed by atoms with E-state index in [4.69, 9.17) is 4.74 Å². The Labute approximate surface area is 161 Å². The maximum atomic E-state index is 12.8. The van der Waals surface area contributed by atoms with Gasteiger partial charge in [-0.1, -0.05) is 6.92 Å². The van der Waals surface area contributed by atoms with Gasteiger partial charge in [-0.2, -0.15) is 4.31 Å². The Balaban J connectivity index is 1.56. The third-order valence-electron chi connectivity index (χ3n) is 5.68. The molecule has 27 heavy (non-hydrogen) atoms. The first-order valence-corrected chi connectivity index (χ1v) is 11.0. The van der Waals surface area contributed by atoms with Crippen LogP contribution in [0.25, 0.3) is 0 Å². The van der Waals surface area contributed by atoms with E-state index in [9.17, 15) is 13.2 Å². The van der Waals surface area contributed by atoms with Gasteiger partial charge in [0.15, 0.2) is 0 Å². The van der Waals surface area contributed by atoms with Crippen LogP contribution in [0.2, 0.25) is 0 Å². The first-order valence-electron chi connectivity index (χ1n) is 9.57. The lowest BCUT2D eigenvalue weighted by molar-refractivity contribution is -0.127. The summed E-state index contributed by atoms with van der Waals surface area (Å²) in [5, 5.41) is 6.47. The zero-order chi connectivity index (χ0) is 19.4. The van der Waals surface area contributed by atoms with Crippen molar-refractivity contribution in [2.75, 3.05) is 33.3 Å². The van der Waals surface area contributed by atoms with Crippen LogP contribution in [0, 0.1) is 11.8 Å². The Morgan fingerprint density at radius 1 is 1.19 bits per heavy atom. The number of hydrogen-bond acceptors (Lipinski definition) is 5. The van der Waals surface area contributed by atoms with E-state index in [2.05, 4.69) is 17.6 Å². The topological polar surface area (TPSA) is 87.7 Å². The number of sulfonamides is 1. The lowest BCUT2D eigenvalue weighted by Gasteiger charge is -2.34. The lowest BCUT2D eigenvalue weighted by Crippen LogP contribution is -2.52. The summed E-state index contributed by atoms with van der Waals surface area (Å²) in [7, 11) is -1.99. The second-order valence-electron chi connectivity index (χ2n) is 7.44. The van der Waals surface area contributed by atoms with E-state index in [0.29, 0.717) is 37.6 Å². The van der Waals surface area contributed by atoms with Gasteiger partial charge >= 0.3 is 0 Å². The molecule has 0 aromatic heterocycles. The third-order valence-corrected chi connectivity index (χ3v) is 7.59. The molecule has 2 heterocycles. The molecular weight excluding hydrogens is 366 g/mol. The minimum atomic E-state index is -3.54. The summed E-state index contributed by atoms with van der Waals surface area (Å²) >= 11 is 0. The van der Waals surface area contributed by atoms with E-state index in [-0.39, 0.29) is 22.8 Å². The van der Waals surface area contributed by atoms with Crippen LogP contribution in [-0.2, 0) is 14.8 Å². The van der Waals surface area contributed by atoms with Crippen LogP contribution < -0.4 is 15.4 Å².